The molecule has 2 amide bonds. The molecule has 6 rings (SSSR count). The first-order valence-electron chi connectivity index (χ1n) is 11.5. The summed E-state index contributed by atoms with van der Waals surface area (Å²) in [7, 11) is 0. The number of rotatable bonds is 2. The van der Waals surface area contributed by atoms with Gasteiger partial charge in [-0.3, -0.25) is 20.3 Å². The molecule has 4 heterocycles. The van der Waals surface area contributed by atoms with E-state index in [0.29, 0.717) is 36.2 Å². The molecule has 3 N–H and O–H groups in total. The molecule has 170 valence electrons. The summed E-state index contributed by atoms with van der Waals surface area (Å²) in [4.78, 5) is 29.8. The maximum Gasteiger partial charge on any atom is 0.243 e. The van der Waals surface area contributed by atoms with E-state index in [2.05, 4.69) is 0 Å². The van der Waals surface area contributed by atoms with Crippen molar-refractivity contribution in [2.75, 3.05) is 31.3 Å². The van der Waals surface area contributed by atoms with Crippen molar-refractivity contribution in [3.63, 3.8) is 0 Å². The molecule has 4 aliphatic heterocycles. The number of para-hydroxylation sites is 1. The van der Waals surface area contributed by atoms with Crippen molar-refractivity contribution >= 4 is 29.0 Å². The molecule has 8 nitrogen and oxygen atoms in total. The summed E-state index contributed by atoms with van der Waals surface area (Å²) in [6.45, 7) is 3.88. The number of carbonyl (C=O) groups excluding carboxylic acids is 2. The monoisotopic (exact) mass is 447 g/mol. The van der Waals surface area contributed by atoms with E-state index in [-0.39, 0.29) is 18.6 Å². The highest BCUT2D eigenvalue weighted by Crippen LogP contribution is 2.53. The number of nitrogens with two attached hydrogens (primary N) is 1. The average molecular weight is 448 g/mol. The smallest absolute Gasteiger partial charge is 0.243 e. The number of nitrogens with one attached hydrogen (secondary N) is 1. The Hall–Kier alpha value is -3.39. The Balaban J connectivity index is 1.40. The van der Waals surface area contributed by atoms with Crippen molar-refractivity contribution in [3.8, 4) is 11.5 Å². The fraction of sp³-hybridized carbons (Fsp3) is 0.400. The number of nitrogens with zero attached hydrogens (tertiary/aromatic N) is 2. The van der Waals surface area contributed by atoms with E-state index in [0.717, 1.165) is 48.4 Å². The Labute approximate surface area is 192 Å². The van der Waals surface area contributed by atoms with Gasteiger partial charge in [0.1, 0.15) is 11.1 Å². The van der Waals surface area contributed by atoms with Crippen LogP contribution in [0.3, 0.4) is 0 Å². The Morgan fingerprint density at radius 3 is 2.64 bits per heavy atom. The van der Waals surface area contributed by atoms with Crippen LogP contribution in [0, 0.1) is 11.3 Å². The average Bonchev–Trinajstić information content (AvgIpc) is 3.35. The fourth-order valence-electron chi connectivity index (χ4n) is 5.89. The second-order valence-electron chi connectivity index (χ2n) is 9.43. The molecule has 0 saturated carbocycles. The highest BCUT2D eigenvalue weighted by atomic mass is 16.7. The predicted octanol–water partition coefficient (Wildman–Crippen LogP) is 1.88. The molecular formula is C25H27N4O4+. The van der Waals surface area contributed by atoms with Gasteiger partial charge in [-0.2, -0.15) is 0 Å². The van der Waals surface area contributed by atoms with Crippen molar-refractivity contribution in [2.45, 2.75) is 31.6 Å². The summed E-state index contributed by atoms with van der Waals surface area (Å²) < 4.78 is 11.2. The van der Waals surface area contributed by atoms with Crippen molar-refractivity contribution in [1.82, 2.24) is 4.90 Å². The lowest BCUT2D eigenvalue weighted by Crippen LogP contribution is -2.85. The van der Waals surface area contributed by atoms with Gasteiger partial charge in [0, 0.05) is 43.9 Å². The lowest BCUT2D eigenvalue weighted by molar-refractivity contribution is -0.452. The molecule has 0 aromatic heterocycles. The van der Waals surface area contributed by atoms with Gasteiger partial charge in [0.15, 0.2) is 17.3 Å². The van der Waals surface area contributed by atoms with Gasteiger partial charge < -0.3 is 19.3 Å². The molecule has 1 unspecified atom stereocenters. The van der Waals surface area contributed by atoms with E-state index in [4.69, 9.17) is 14.9 Å². The van der Waals surface area contributed by atoms with Gasteiger partial charge in [-0.1, -0.05) is 18.2 Å². The first-order valence-corrected chi connectivity index (χ1v) is 11.5. The van der Waals surface area contributed by atoms with Crippen LogP contribution in [-0.4, -0.2) is 49.0 Å². The van der Waals surface area contributed by atoms with Crippen molar-refractivity contribution in [1.29, 1.82) is 5.41 Å². The number of piperidine rings is 1. The van der Waals surface area contributed by atoms with Gasteiger partial charge in [0.05, 0.1) is 6.42 Å². The van der Waals surface area contributed by atoms with Crippen molar-refractivity contribution in [2.24, 2.45) is 5.92 Å². The first-order chi connectivity index (χ1) is 16.0. The molecule has 1 atom stereocenters. The van der Waals surface area contributed by atoms with Crippen LogP contribution in [0.1, 0.15) is 37.3 Å². The maximum atomic E-state index is 14.3. The van der Waals surface area contributed by atoms with E-state index in [1.54, 1.807) is 6.92 Å². The van der Waals surface area contributed by atoms with E-state index in [1.165, 1.54) is 0 Å². The second-order valence-corrected chi connectivity index (χ2v) is 9.43. The van der Waals surface area contributed by atoms with E-state index >= 15 is 0 Å². The van der Waals surface area contributed by atoms with Gasteiger partial charge >= 0.3 is 0 Å². The standard InChI is InChI=1S/C25H26N4O4/c1-15(30)28-8-6-16(7-9-28)13-29-20-5-3-2-4-17(20)25(24(29)31)12-23(26)27-19-11-22-21(10-18(19)25)32-14-33-22/h2-5,10-11,16H,6-9,12-14H2,1H3,(H2,26,27)/p+1. The zero-order chi connectivity index (χ0) is 22.7. The zero-order valence-electron chi connectivity index (χ0n) is 18.6. The van der Waals surface area contributed by atoms with Crippen LogP contribution in [0.5, 0.6) is 11.5 Å². The molecule has 0 aliphatic carbocycles. The third-order valence-corrected chi connectivity index (χ3v) is 7.56. The van der Waals surface area contributed by atoms with Gasteiger partial charge in [-0.25, -0.2) is 0 Å². The molecule has 0 radical (unpaired) electrons. The number of fused-ring (bicyclic) bond motifs is 5. The third-order valence-electron chi connectivity index (χ3n) is 7.56. The molecule has 8 heteroatoms. The second kappa shape index (κ2) is 7.31. The molecule has 4 aliphatic rings. The molecule has 1 saturated heterocycles. The van der Waals surface area contributed by atoms with Crippen LogP contribution in [-0.2, 0) is 15.0 Å². The predicted molar refractivity (Wildman–Crippen MR) is 121 cm³/mol. The van der Waals surface area contributed by atoms with Crippen molar-refractivity contribution in [3.05, 3.63) is 47.5 Å². The van der Waals surface area contributed by atoms with E-state index < -0.39 is 5.41 Å². The summed E-state index contributed by atoms with van der Waals surface area (Å²) in [6.07, 6.45) is 2.10. The van der Waals surface area contributed by atoms with Crippen LogP contribution in [0.25, 0.3) is 0 Å². The fourth-order valence-corrected chi connectivity index (χ4v) is 5.89. The van der Waals surface area contributed by atoms with Gasteiger partial charge in [0.2, 0.25) is 18.6 Å². The summed E-state index contributed by atoms with van der Waals surface area (Å²) in [5.41, 5.74) is 2.67. The number of quaternary nitrogens is 1. The number of anilines is 1. The number of ether oxygens (including phenoxy) is 2. The van der Waals surface area contributed by atoms with E-state index in [9.17, 15) is 9.59 Å². The minimum atomic E-state index is -0.932. The lowest BCUT2D eigenvalue weighted by atomic mass is 9.70. The molecule has 0 bridgehead atoms. The summed E-state index contributed by atoms with van der Waals surface area (Å²) in [5.74, 6) is 2.20. The van der Waals surface area contributed by atoms with Crippen LogP contribution >= 0.6 is 0 Å². The van der Waals surface area contributed by atoms with Crippen molar-refractivity contribution < 1.29 is 24.4 Å². The molecule has 1 fully saturated rings. The van der Waals surface area contributed by atoms with Crippen LogP contribution < -0.4 is 19.7 Å². The summed E-state index contributed by atoms with van der Waals surface area (Å²) in [6, 6.07) is 11.8. The summed E-state index contributed by atoms with van der Waals surface area (Å²) >= 11 is 0. The highest BCUT2D eigenvalue weighted by molar-refractivity contribution is 6.13. The molecule has 1 spiro atoms. The molecule has 2 aromatic rings. The number of likely N-dealkylation sites (tertiary alicyclic amines) is 1. The topological polar surface area (TPSA) is 99.5 Å². The number of hydrogen-bond donors (Lipinski definition) is 2. The minimum Gasteiger partial charge on any atom is -0.454 e. The SMILES string of the molecule is CC(=O)N1CCC(CN2C(=O)C3(CC(=N)[NH2+]c4cc5c(cc43)OCO5)c3ccccc32)CC1. The Morgan fingerprint density at radius 2 is 1.88 bits per heavy atom. The Bertz CT molecular complexity index is 1190. The third kappa shape index (κ3) is 2.97. The van der Waals surface area contributed by atoms with Gasteiger partial charge in [-0.15, -0.1) is 0 Å². The molecule has 2 aromatic carbocycles. The number of carbonyl (C=O) groups is 2. The number of amidine groups is 1. The quantitative estimate of drug-likeness (QED) is 0.687. The van der Waals surface area contributed by atoms with Gasteiger partial charge in [-0.05, 0) is 36.5 Å². The largest absolute Gasteiger partial charge is 0.454 e. The lowest BCUT2D eigenvalue weighted by Gasteiger charge is -2.35. The van der Waals surface area contributed by atoms with Gasteiger partial charge in [0.25, 0.3) is 0 Å². The number of benzene rings is 2. The Morgan fingerprint density at radius 1 is 1.15 bits per heavy atom. The minimum absolute atomic E-state index is 0.0238. The summed E-state index contributed by atoms with van der Waals surface area (Å²) in [5, 5.41) is 10.4. The zero-order valence-corrected chi connectivity index (χ0v) is 18.6. The Kier molecular flexibility index (Phi) is 4.48. The van der Waals surface area contributed by atoms with Crippen LogP contribution in [0.15, 0.2) is 36.4 Å². The normalized spacial score (nSPS) is 23.8. The van der Waals surface area contributed by atoms with Crippen LogP contribution in [0.2, 0.25) is 0 Å². The number of hydrogen-bond acceptors (Lipinski definition) is 5. The first kappa shape index (κ1) is 20.2. The number of amides is 2. The highest BCUT2D eigenvalue weighted by Gasteiger charge is 2.57. The van der Waals surface area contributed by atoms with E-state index in [1.807, 2.05) is 51.5 Å². The molecule has 33 heavy (non-hydrogen) atoms. The molecular weight excluding hydrogens is 420 g/mol. The van der Waals surface area contributed by atoms with Crippen LogP contribution in [0.4, 0.5) is 11.4 Å². The maximum absolute atomic E-state index is 14.3.